The molecule has 1 fully saturated rings. The molecule has 1 N–H and O–H groups in total. The molecule has 1 saturated heterocycles. The number of ketones is 1. The zero-order valence-electron chi connectivity index (χ0n) is 18.2. The molecule has 0 bridgehead atoms. The van der Waals surface area contributed by atoms with E-state index in [0.29, 0.717) is 42.3 Å². The highest BCUT2D eigenvalue weighted by atomic mass is 16.5. The van der Waals surface area contributed by atoms with E-state index in [9.17, 15) is 14.7 Å². The van der Waals surface area contributed by atoms with Crippen molar-refractivity contribution >= 4 is 17.4 Å². The van der Waals surface area contributed by atoms with Crippen LogP contribution < -0.4 is 9.47 Å². The molecule has 1 aromatic heterocycles. The smallest absolute Gasteiger partial charge is 0.295 e. The van der Waals surface area contributed by atoms with Gasteiger partial charge in [0.2, 0.25) is 0 Å². The monoisotopic (exact) mass is 425 g/mol. The minimum atomic E-state index is -0.752. The minimum Gasteiger partial charge on any atom is -0.507 e. The van der Waals surface area contributed by atoms with Crippen molar-refractivity contribution in [1.82, 2.24) is 14.8 Å². The van der Waals surface area contributed by atoms with Crippen LogP contribution in [0.25, 0.3) is 5.76 Å². The van der Waals surface area contributed by atoms with Crippen LogP contribution in [0.1, 0.15) is 24.1 Å². The third-order valence-corrected chi connectivity index (χ3v) is 5.09. The van der Waals surface area contributed by atoms with E-state index in [1.807, 2.05) is 25.9 Å². The number of carbonyl (C=O) groups is 2. The van der Waals surface area contributed by atoms with Crippen molar-refractivity contribution in [2.75, 3.05) is 40.9 Å². The molecule has 0 radical (unpaired) electrons. The summed E-state index contributed by atoms with van der Waals surface area (Å²) in [7, 11) is 5.31. The highest BCUT2D eigenvalue weighted by Gasteiger charge is 2.46. The molecule has 1 unspecified atom stereocenters. The maximum Gasteiger partial charge on any atom is 0.295 e. The number of amides is 1. The van der Waals surface area contributed by atoms with Crippen LogP contribution in [-0.2, 0) is 9.59 Å². The van der Waals surface area contributed by atoms with Crippen LogP contribution in [-0.4, -0.2) is 72.5 Å². The normalized spacial score (nSPS) is 18.0. The summed E-state index contributed by atoms with van der Waals surface area (Å²) >= 11 is 0. The summed E-state index contributed by atoms with van der Waals surface area (Å²) in [5.74, 6) is -0.540. The number of Topliss-reactive ketones (excluding diaryl/α,β-unsaturated/α-hetero) is 1. The summed E-state index contributed by atoms with van der Waals surface area (Å²) in [4.78, 5) is 33.3. The second kappa shape index (κ2) is 9.61. The van der Waals surface area contributed by atoms with Crippen molar-refractivity contribution in [3.63, 3.8) is 0 Å². The van der Waals surface area contributed by atoms with E-state index < -0.39 is 17.7 Å². The molecule has 2 heterocycles. The molecule has 1 aliphatic heterocycles. The first-order chi connectivity index (χ1) is 14.9. The lowest BCUT2D eigenvalue weighted by Gasteiger charge is -2.27. The second-order valence-corrected chi connectivity index (χ2v) is 7.37. The van der Waals surface area contributed by atoms with Crippen LogP contribution in [0.2, 0.25) is 0 Å². The Bertz CT molecular complexity index is 988. The molecular formula is C23H27N3O5. The summed E-state index contributed by atoms with van der Waals surface area (Å²) in [5.41, 5.74) is 1.11. The summed E-state index contributed by atoms with van der Waals surface area (Å²) in [5, 5.41) is 11.0. The third kappa shape index (κ3) is 4.54. The fraction of sp³-hybridized carbons (Fsp3) is 0.348. The summed E-state index contributed by atoms with van der Waals surface area (Å²) in [6, 6.07) is 7.71. The predicted molar refractivity (Wildman–Crippen MR) is 116 cm³/mol. The Kier molecular flexibility index (Phi) is 6.91. The molecule has 3 rings (SSSR count). The lowest BCUT2D eigenvalue weighted by molar-refractivity contribution is -0.140. The number of hydrogen-bond acceptors (Lipinski definition) is 7. The fourth-order valence-electron chi connectivity index (χ4n) is 3.56. The maximum absolute atomic E-state index is 13.0. The van der Waals surface area contributed by atoms with Gasteiger partial charge >= 0.3 is 0 Å². The number of likely N-dealkylation sites (tertiary alicyclic amines) is 1. The number of pyridine rings is 1. The van der Waals surface area contributed by atoms with Crippen LogP contribution in [0.3, 0.4) is 0 Å². The molecule has 2 aromatic rings. The number of aromatic nitrogens is 1. The van der Waals surface area contributed by atoms with E-state index in [2.05, 4.69) is 4.98 Å². The Morgan fingerprint density at radius 3 is 2.48 bits per heavy atom. The van der Waals surface area contributed by atoms with Crippen molar-refractivity contribution in [3.8, 4) is 11.5 Å². The average molecular weight is 425 g/mol. The lowest BCUT2D eigenvalue weighted by atomic mass is 9.95. The molecule has 31 heavy (non-hydrogen) atoms. The van der Waals surface area contributed by atoms with Crippen LogP contribution in [0.5, 0.6) is 11.5 Å². The molecule has 0 saturated carbocycles. The molecule has 0 aliphatic carbocycles. The Hall–Kier alpha value is -3.39. The van der Waals surface area contributed by atoms with Crippen molar-refractivity contribution < 1.29 is 24.2 Å². The van der Waals surface area contributed by atoms with E-state index in [1.165, 1.54) is 24.4 Å². The number of aliphatic hydroxyl groups excluding tert-OH is 1. The maximum atomic E-state index is 13.0. The first kappa shape index (κ1) is 22.3. The number of nitrogens with zero attached hydrogens (tertiary/aromatic N) is 3. The first-order valence-corrected chi connectivity index (χ1v) is 10.0. The van der Waals surface area contributed by atoms with Crippen molar-refractivity contribution in [3.05, 3.63) is 59.4 Å². The molecule has 1 aromatic carbocycles. The molecule has 1 aliphatic rings. The summed E-state index contributed by atoms with van der Waals surface area (Å²) in [6.07, 6.45) is 3.04. The van der Waals surface area contributed by atoms with Crippen molar-refractivity contribution in [1.29, 1.82) is 0 Å². The van der Waals surface area contributed by atoms with E-state index in [4.69, 9.17) is 9.47 Å². The summed E-state index contributed by atoms with van der Waals surface area (Å²) < 4.78 is 11.0. The SMILES string of the molecule is CCOc1ccc(C2C(=C(O)c3ccncc3)C(=O)C(=O)N2CCN(C)C)cc1OC. The number of carbonyl (C=O) groups excluding carboxylic acids is 2. The van der Waals surface area contributed by atoms with E-state index in [1.54, 1.807) is 30.3 Å². The molecule has 164 valence electrons. The van der Waals surface area contributed by atoms with Crippen LogP contribution >= 0.6 is 0 Å². The average Bonchev–Trinajstić information content (AvgIpc) is 3.03. The Morgan fingerprint density at radius 1 is 1.16 bits per heavy atom. The van der Waals surface area contributed by atoms with E-state index in [-0.39, 0.29) is 11.3 Å². The number of methoxy groups -OCH3 is 1. The van der Waals surface area contributed by atoms with Gasteiger partial charge in [-0.15, -0.1) is 0 Å². The van der Waals surface area contributed by atoms with Gasteiger partial charge in [-0.05, 0) is 50.8 Å². The van der Waals surface area contributed by atoms with Gasteiger partial charge in [0.15, 0.2) is 11.5 Å². The second-order valence-electron chi connectivity index (χ2n) is 7.37. The quantitative estimate of drug-likeness (QED) is 0.395. The van der Waals surface area contributed by atoms with Gasteiger partial charge in [0.1, 0.15) is 5.76 Å². The van der Waals surface area contributed by atoms with Gasteiger partial charge in [-0.25, -0.2) is 0 Å². The number of rotatable bonds is 8. The highest BCUT2D eigenvalue weighted by molar-refractivity contribution is 6.46. The van der Waals surface area contributed by atoms with Crippen molar-refractivity contribution in [2.45, 2.75) is 13.0 Å². The van der Waals surface area contributed by atoms with Gasteiger partial charge in [-0.1, -0.05) is 6.07 Å². The molecule has 8 nitrogen and oxygen atoms in total. The predicted octanol–water partition coefficient (Wildman–Crippen LogP) is 2.47. The van der Waals surface area contributed by atoms with Gasteiger partial charge in [-0.3, -0.25) is 14.6 Å². The Balaban J connectivity index is 2.16. The van der Waals surface area contributed by atoms with Crippen LogP contribution in [0, 0.1) is 0 Å². The Morgan fingerprint density at radius 2 is 1.87 bits per heavy atom. The highest BCUT2D eigenvalue weighted by Crippen LogP contribution is 2.41. The van der Waals surface area contributed by atoms with Gasteiger partial charge in [0.25, 0.3) is 11.7 Å². The van der Waals surface area contributed by atoms with Crippen molar-refractivity contribution in [2.24, 2.45) is 0 Å². The number of likely N-dealkylation sites (N-methyl/N-ethyl adjacent to an activating group) is 1. The summed E-state index contributed by atoms with van der Waals surface area (Å²) in [6.45, 7) is 3.23. The molecule has 1 amide bonds. The largest absolute Gasteiger partial charge is 0.507 e. The minimum absolute atomic E-state index is 0.0427. The lowest BCUT2D eigenvalue weighted by Crippen LogP contribution is -2.35. The van der Waals surface area contributed by atoms with Gasteiger partial charge in [-0.2, -0.15) is 0 Å². The van der Waals surface area contributed by atoms with Gasteiger partial charge < -0.3 is 24.4 Å². The van der Waals surface area contributed by atoms with Crippen LogP contribution in [0.15, 0.2) is 48.3 Å². The van der Waals surface area contributed by atoms with E-state index >= 15 is 0 Å². The number of benzene rings is 1. The number of ether oxygens (including phenoxy) is 2. The molecule has 8 heteroatoms. The first-order valence-electron chi connectivity index (χ1n) is 10.0. The number of aliphatic hydroxyl groups is 1. The molecular weight excluding hydrogens is 398 g/mol. The molecule has 1 atom stereocenters. The zero-order valence-corrected chi connectivity index (χ0v) is 18.2. The zero-order chi connectivity index (χ0) is 22.5. The van der Waals surface area contributed by atoms with Crippen LogP contribution in [0.4, 0.5) is 0 Å². The molecule has 0 spiro atoms. The van der Waals surface area contributed by atoms with Gasteiger partial charge in [0.05, 0.1) is 25.3 Å². The number of hydrogen-bond donors (Lipinski definition) is 1. The van der Waals surface area contributed by atoms with E-state index in [0.717, 1.165) is 0 Å². The fourth-order valence-corrected chi connectivity index (χ4v) is 3.56. The topological polar surface area (TPSA) is 92.2 Å². The van der Waals surface area contributed by atoms with Gasteiger partial charge in [0, 0.05) is 31.0 Å². The Labute approximate surface area is 181 Å². The third-order valence-electron chi connectivity index (χ3n) is 5.09. The standard InChI is InChI=1S/C23H27N3O5/c1-5-31-17-7-6-16(14-18(17)30-4)20-19(21(27)15-8-10-24-11-9-15)22(28)23(29)26(20)13-12-25(2)3/h6-11,14,20,27H,5,12-13H2,1-4H3.